The molecule has 0 radical (unpaired) electrons. The molecule has 0 bridgehead atoms. The summed E-state index contributed by atoms with van der Waals surface area (Å²) >= 11 is 0. The van der Waals surface area contributed by atoms with Gasteiger partial charge in [0, 0.05) is 50.2 Å². The van der Waals surface area contributed by atoms with Crippen molar-refractivity contribution in [3.8, 4) is 5.75 Å². The molecule has 1 amide bonds. The molecule has 0 aliphatic carbocycles. The van der Waals surface area contributed by atoms with E-state index in [9.17, 15) is 4.79 Å². The van der Waals surface area contributed by atoms with Gasteiger partial charge < -0.3 is 19.9 Å². The van der Waals surface area contributed by atoms with Gasteiger partial charge in [-0.2, -0.15) is 0 Å². The van der Waals surface area contributed by atoms with Crippen LogP contribution in [0, 0.1) is 0 Å². The van der Waals surface area contributed by atoms with Crippen molar-refractivity contribution in [1.82, 2.24) is 15.2 Å². The number of piperazine rings is 1. The lowest BCUT2D eigenvalue weighted by atomic mass is 10.2. The Morgan fingerprint density at radius 1 is 1.19 bits per heavy atom. The topological polar surface area (TPSA) is 57.7 Å². The summed E-state index contributed by atoms with van der Waals surface area (Å²) in [5.41, 5.74) is 2.43. The zero-order chi connectivity index (χ0) is 18.4. The quantitative estimate of drug-likeness (QED) is 0.862. The van der Waals surface area contributed by atoms with Gasteiger partial charge in [-0.3, -0.25) is 9.78 Å². The number of hydrogen-bond donors (Lipinski definition) is 1. The second-order valence-electron chi connectivity index (χ2n) is 6.32. The number of methoxy groups -OCH3 is 1. The van der Waals surface area contributed by atoms with Crippen LogP contribution in [0.4, 0.5) is 5.69 Å². The number of likely N-dealkylation sites (N-methyl/N-ethyl adjacent to an activating group) is 1. The number of amides is 1. The van der Waals surface area contributed by atoms with Gasteiger partial charge in [-0.05, 0) is 24.7 Å². The number of rotatable bonds is 6. The summed E-state index contributed by atoms with van der Waals surface area (Å²) in [6.45, 7) is 7.72. The van der Waals surface area contributed by atoms with E-state index < -0.39 is 0 Å². The van der Waals surface area contributed by atoms with E-state index in [2.05, 4.69) is 27.0 Å². The molecule has 26 heavy (non-hydrogen) atoms. The van der Waals surface area contributed by atoms with Crippen LogP contribution in [-0.4, -0.2) is 55.6 Å². The number of benzene rings is 1. The van der Waals surface area contributed by atoms with Crippen molar-refractivity contribution in [2.24, 2.45) is 0 Å². The Bertz CT molecular complexity index is 742. The molecule has 1 aliphatic heterocycles. The van der Waals surface area contributed by atoms with Crippen molar-refractivity contribution >= 4 is 11.6 Å². The Morgan fingerprint density at radius 3 is 2.69 bits per heavy atom. The van der Waals surface area contributed by atoms with Crippen LogP contribution in [0.3, 0.4) is 0 Å². The van der Waals surface area contributed by atoms with Crippen molar-refractivity contribution in [2.75, 3.05) is 44.7 Å². The van der Waals surface area contributed by atoms with E-state index in [1.54, 1.807) is 13.3 Å². The fourth-order valence-corrected chi connectivity index (χ4v) is 3.18. The molecule has 1 saturated heterocycles. The summed E-state index contributed by atoms with van der Waals surface area (Å²) in [7, 11) is 1.63. The first-order valence-corrected chi connectivity index (χ1v) is 9.04. The second-order valence-corrected chi connectivity index (χ2v) is 6.32. The van der Waals surface area contributed by atoms with Crippen LogP contribution in [0.5, 0.6) is 5.75 Å². The van der Waals surface area contributed by atoms with Crippen LogP contribution in [0.15, 0.2) is 42.6 Å². The van der Waals surface area contributed by atoms with E-state index in [1.807, 2.05) is 36.4 Å². The summed E-state index contributed by atoms with van der Waals surface area (Å²) in [5.74, 6) is 0.591. The zero-order valence-corrected chi connectivity index (χ0v) is 15.4. The highest BCUT2D eigenvalue weighted by Gasteiger charge is 2.17. The maximum Gasteiger partial charge on any atom is 0.270 e. The normalized spacial score (nSPS) is 14.9. The first kappa shape index (κ1) is 18.2. The van der Waals surface area contributed by atoms with E-state index in [1.165, 1.54) is 0 Å². The fourth-order valence-electron chi connectivity index (χ4n) is 3.18. The molecular weight excluding hydrogens is 328 g/mol. The molecule has 1 N–H and O–H groups in total. The molecule has 0 atom stereocenters. The third-order valence-electron chi connectivity index (χ3n) is 4.79. The predicted molar refractivity (Wildman–Crippen MR) is 103 cm³/mol. The molecule has 3 rings (SSSR count). The number of anilines is 1. The fraction of sp³-hybridized carbons (Fsp3) is 0.400. The molecule has 6 nitrogen and oxygen atoms in total. The van der Waals surface area contributed by atoms with Crippen molar-refractivity contribution in [3.63, 3.8) is 0 Å². The van der Waals surface area contributed by atoms with Gasteiger partial charge >= 0.3 is 0 Å². The highest BCUT2D eigenvalue weighted by Crippen LogP contribution is 2.18. The highest BCUT2D eigenvalue weighted by molar-refractivity contribution is 5.93. The molecule has 1 aliphatic rings. The van der Waals surface area contributed by atoms with Gasteiger partial charge in [0.1, 0.15) is 11.4 Å². The molecule has 0 unspecified atom stereocenters. The average Bonchev–Trinajstić information content (AvgIpc) is 2.72. The number of para-hydroxylation sites is 1. The van der Waals surface area contributed by atoms with Gasteiger partial charge in [-0.1, -0.05) is 25.1 Å². The first-order chi connectivity index (χ1) is 12.7. The molecule has 1 aromatic heterocycles. The lowest BCUT2D eigenvalue weighted by Crippen LogP contribution is -2.46. The molecule has 6 heteroatoms. The number of ether oxygens (including phenoxy) is 1. The van der Waals surface area contributed by atoms with Crippen LogP contribution in [0.25, 0.3) is 0 Å². The lowest BCUT2D eigenvalue weighted by molar-refractivity contribution is 0.0945. The summed E-state index contributed by atoms with van der Waals surface area (Å²) < 4.78 is 5.32. The molecule has 138 valence electrons. The van der Waals surface area contributed by atoms with Gasteiger partial charge in [0.25, 0.3) is 5.91 Å². The molecule has 1 aromatic carbocycles. The van der Waals surface area contributed by atoms with Crippen molar-refractivity contribution in [2.45, 2.75) is 13.5 Å². The summed E-state index contributed by atoms with van der Waals surface area (Å²) in [4.78, 5) is 21.5. The Hall–Kier alpha value is -2.60. The number of hydrogen-bond acceptors (Lipinski definition) is 5. The number of carbonyl (C=O) groups excluding carboxylic acids is 1. The van der Waals surface area contributed by atoms with Gasteiger partial charge in [-0.15, -0.1) is 0 Å². The SMILES string of the molecule is CCN1CCN(c2ccnc(C(=O)NCc3ccccc3OC)c2)CC1. The third-order valence-corrected chi connectivity index (χ3v) is 4.79. The molecule has 2 aromatic rings. The zero-order valence-electron chi connectivity index (χ0n) is 15.4. The van der Waals surface area contributed by atoms with E-state index in [-0.39, 0.29) is 5.91 Å². The van der Waals surface area contributed by atoms with Crippen LogP contribution in [0.2, 0.25) is 0 Å². The molecule has 0 saturated carbocycles. The Labute approximate surface area is 154 Å². The van der Waals surface area contributed by atoms with Crippen molar-refractivity contribution in [3.05, 3.63) is 53.9 Å². The lowest BCUT2D eigenvalue weighted by Gasteiger charge is -2.35. The summed E-state index contributed by atoms with van der Waals surface area (Å²) in [6, 6.07) is 11.5. The third kappa shape index (κ3) is 4.32. The van der Waals surface area contributed by atoms with Crippen molar-refractivity contribution < 1.29 is 9.53 Å². The summed E-state index contributed by atoms with van der Waals surface area (Å²) in [6.07, 6.45) is 1.71. The number of pyridine rings is 1. The largest absolute Gasteiger partial charge is 0.496 e. The Balaban J connectivity index is 1.63. The van der Waals surface area contributed by atoms with E-state index in [4.69, 9.17) is 4.74 Å². The van der Waals surface area contributed by atoms with Crippen molar-refractivity contribution in [1.29, 1.82) is 0 Å². The molecule has 0 spiro atoms. The second kappa shape index (κ2) is 8.67. The maximum absolute atomic E-state index is 12.5. The average molecular weight is 354 g/mol. The molecule has 2 heterocycles. The first-order valence-electron chi connectivity index (χ1n) is 9.04. The minimum atomic E-state index is -0.176. The highest BCUT2D eigenvalue weighted by atomic mass is 16.5. The van der Waals surface area contributed by atoms with Crippen LogP contribution < -0.4 is 15.0 Å². The van der Waals surface area contributed by atoms with E-state index >= 15 is 0 Å². The van der Waals surface area contributed by atoms with Gasteiger partial charge in [0.15, 0.2) is 0 Å². The van der Waals surface area contributed by atoms with E-state index in [0.29, 0.717) is 12.2 Å². The van der Waals surface area contributed by atoms with Gasteiger partial charge in [-0.25, -0.2) is 0 Å². The smallest absolute Gasteiger partial charge is 0.270 e. The predicted octanol–water partition coefficient (Wildman–Crippen LogP) is 2.16. The number of nitrogens with zero attached hydrogens (tertiary/aromatic N) is 3. The maximum atomic E-state index is 12.5. The summed E-state index contributed by atoms with van der Waals surface area (Å²) in [5, 5.41) is 2.93. The standard InChI is InChI=1S/C20H26N4O2/c1-3-23-10-12-24(13-11-23)17-8-9-21-18(14-17)20(25)22-15-16-6-4-5-7-19(16)26-2/h4-9,14H,3,10-13,15H2,1-2H3,(H,22,25). The number of nitrogens with one attached hydrogen (secondary N) is 1. The van der Waals surface area contributed by atoms with Crippen LogP contribution >= 0.6 is 0 Å². The monoisotopic (exact) mass is 354 g/mol. The van der Waals surface area contributed by atoms with Crippen LogP contribution in [0.1, 0.15) is 23.0 Å². The minimum absolute atomic E-state index is 0.176. The number of carbonyl (C=O) groups is 1. The van der Waals surface area contributed by atoms with Gasteiger partial charge in [0.05, 0.1) is 7.11 Å². The van der Waals surface area contributed by atoms with Crippen LogP contribution in [-0.2, 0) is 6.54 Å². The van der Waals surface area contributed by atoms with Gasteiger partial charge in [0.2, 0.25) is 0 Å². The minimum Gasteiger partial charge on any atom is -0.496 e. The Morgan fingerprint density at radius 2 is 1.96 bits per heavy atom. The Kier molecular flexibility index (Phi) is 6.07. The number of aromatic nitrogens is 1. The molecular formula is C20H26N4O2. The van der Waals surface area contributed by atoms with E-state index in [0.717, 1.165) is 49.7 Å². The molecule has 1 fully saturated rings.